The molecule has 1 fully saturated rings. The van der Waals surface area contributed by atoms with E-state index in [1.54, 1.807) is 32.4 Å². The zero-order valence-corrected chi connectivity index (χ0v) is 17.9. The molecule has 1 N–H and O–H groups in total. The Morgan fingerprint density at radius 2 is 1.90 bits per heavy atom. The summed E-state index contributed by atoms with van der Waals surface area (Å²) in [6, 6.07) is 11.0. The first-order valence-corrected chi connectivity index (χ1v) is 9.91. The predicted octanol–water partition coefficient (Wildman–Crippen LogP) is 3.57. The quantitative estimate of drug-likeness (QED) is 0.701. The minimum Gasteiger partial charge on any atom is -0.497 e. The molecule has 1 amide bonds. The molecule has 7 nitrogen and oxygen atoms in total. The highest BCUT2D eigenvalue weighted by molar-refractivity contribution is 5.96. The van der Waals surface area contributed by atoms with Gasteiger partial charge in [-0.2, -0.15) is 0 Å². The fourth-order valence-electron chi connectivity index (χ4n) is 3.84. The average molecular weight is 412 g/mol. The molecule has 30 heavy (non-hydrogen) atoms. The van der Waals surface area contributed by atoms with Crippen LogP contribution in [0.2, 0.25) is 0 Å². The van der Waals surface area contributed by atoms with Gasteiger partial charge in [0.1, 0.15) is 11.5 Å². The largest absolute Gasteiger partial charge is 0.497 e. The number of hydrogen-bond donors (Lipinski definition) is 1. The first-order chi connectivity index (χ1) is 14.5. The maximum absolute atomic E-state index is 12.8. The highest BCUT2D eigenvalue weighted by Crippen LogP contribution is 2.38. The number of hydrogen-bond acceptors (Lipinski definition) is 6. The Kier molecular flexibility index (Phi) is 6.95. The lowest BCUT2D eigenvalue weighted by Crippen LogP contribution is -2.33. The number of methoxy groups -OCH3 is 3. The molecule has 1 aliphatic rings. The lowest BCUT2D eigenvalue weighted by Gasteiger charge is -2.26. The van der Waals surface area contributed by atoms with Crippen molar-refractivity contribution in [2.45, 2.75) is 25.8 Å². The van der Waals surface area contributed by atoms with E-state index in [1.807, 2.05) is 25.1 Å². The summed E-state index contributed by atoms with van der Waals surface area (Å²) in [5, 5.41) is 2.94. The van der Waals surface area contributed by atoms with E-state index in [2.05, 4.69) is 10.2 Å². The monoisotopic (exact) mass is 412 g/mol. The number of aryl methyl sites for hydroxylation is 1. The molecule has 0 spiro atoms. The van der Waals surface area contributed by atoms with Crippen LogP contribution in [0.15, 0.2) is 36.4 Å². The summed E-state index contributed by atoms with van der Waals surface area (Å²) in [5.74, 6) is 0.934. The molecule has 0 aromatic heterocycles. The second kappa shape index (κ2) is 9.63. The molecular formula is C23H28N2O5. The summed E-state index contributed by atoms with van der Waals surface area (Å²) >= 11 is 0. The van der Waals surface area contributed by atoms with E-state index in [1.165, 1.54) is 7.11 Å². The van der Waals surface area contributed by atoms with Crippen molar-refractivity contribution >= 4 is 17.6 Å². The summed E-state index contributed by atoms with van der Waals surface area (Å²) in [6.45, 7) is 2.97. The Morgan fingerprint density at radius 1 is 1.10 bits per heavy atom. The van der Waals surface area contributed by atoms with Gasteiger partial charge in [0, 0.05) is 23.4 Å². The van der Waals surface area contributed by atoms with Crippen LogP contribution in [0.25, 0.3) is 0 Å². The second-order valence-corrected chi connectivity index (χ2v) is 7.31. The van der Waals surface area contributed by atoms with Gasteiger partial charge in [0.2, 0.25) is 5.91 Å². The molecule has 1 aliphatic heterocycles. The van der Waals surface area contributed by atoms with Gasteiger partial charge in [-0.1, -0.05) is 12.1 Å². The standard InChI is InChI=1S/C23H28N2O5/c1-15-7-8-16(23(27)30-4)12-19(15)24-22(26)14-25-11-5-6-20(25)18-10-9-17(28-2)13-21(18)29-3/h7-10,12-13,20H,5-6,11,14H2,1-4H3,(H,24,26)/t20-/m1/s1. The average Bonchev–Trinajstić information content (AvgIpc) is 3.21. The molecule has 0 unspecified atom stereocenters. The SMILES string of the molecule is COC(=O)c1ccc(C)c(NC(=O)CN2CCC[C@@H]2c2ccc(OC)cc2OC)c1. The normalized spacial score (nSPS) is 16.2. The zero-order valence-electron chi connectivity index (χ0n) is 17.9. The number of likely N-dealkylation sites (tertiary alicyclic amines) is 1. The third-order valence-corrected chi connectivity index (χ3v) is 5.44. The molecule has 2 aromatic carbocycles. The number of anilines is 1. The van der Waals surface area contributed by atoms with E-state index < -0.39 is 5.97 Å². The number of carbonyl (C=O) groups excluding carboxylic acids is 2. The Balaban J connectivity index is 1.73. The Bertz CT molecular complexity index is 928. The number of nitrogens with one attached hydrogen (secondary N) is 1. The summed E-state index contributed by atoms with van der Waals surface area (Å²) in [6.07, 6.45) is 1.96. The summed E-state index contributed by atoms with van der Waals surface area (Å²) in [5.41, 5.74) is 2.94. The topological polar surface area (TPSA) is 77.1 Å². The summed E-state index contributed by atoms with van der Waals surface area (Å²) < 4.78 is 15.6. The molecular weight excluding hydrogens is 384 g/mol. The lowest BCUT2D eigenvalue weighted by atomic mass is 10.0. The van der Waals surface area contributed by atoms with Crippen LogP contribution in [0.1, 0.15) is 40.4 Å². The summed E-state index contributed by atoms with van der Waals surface area (Å²) in [7, 11) is 4.60. The van der Waals surface area contributed by atoms with Crippen molar-refractivity contribution in [1.82, 2.24) is 4.90 Å². The molecule has 0 saturated carbocycles. The van der Waals surface area contributed by atoms with Crippen molar-refractivity contribution < 1.29 is 23.8 Å². The van der Waals surface area contributed by atoms with E-state index in [9.17, 15) is 9.59 Å². The van der Waals surface area contributed by atoms with Crippen LogP contribution in [0, 0.1) is 6.92 Å². The van der Waals surface area contributed by atoms with E-state index in [0.29, 0.717) is 11.3 Å². The molecule has 3 rings (SSSR count). The first kappa shape index (κ1) is 21.6. The molecule has 0 bridgehead atoms. The molecule has 1 atom stereocenters. The first-order valence-electron chi connectivity index (χ1n) is 9.91. The fourth-order valence-corrected chi connectivity index (χ4v) is 3.84. The predicted molar refractivity (Wildman–Crippen MR) is 114 cm³/mol. The fraction of sp³-hybridized carbons (Fsp3) is 0.391. The van der Waals surface area contributed by atoms with Crippen molar-refractivity contribution in [1.29, 1.82) is 0 Å². The maximum Gasteiger partial charge on any atom is 0.337 e. The van der Waals surface area contributed by atoms with Crippen molar-refractivity contribution in [3.63, 3.8) is 0 Å². The molecule has 1 saturated heterocycles. The number of amides is 1. The highest BCUT2D eigenvalue weighted by Gasteiger charge is 2.30. The minimum atomic E-state index is -0.434. The van der Waals surface area contributed by atoms with Gasteiger partial charge in [0.05, 0.1) is 33.4 Å². The van der Waals surface area contributed by atoms with Crippen LogP contribution >= 0.6 is 0 Å². The second-order valence-electron chi connectivity index (χ2n) is 7.31. The molecule has 2 aromatic rings. The number of carbonyl (C=O) groups is 2. The molecule has 7 heteroatoms. The van der Waals surface area contributed by atoms with E-state index in [4.69, 9.17) is 14.2 Å². The Morgan fingerprint density at radius 3 is 2.60 bits per heavy atom. The minimum absolute atomic E-state index is 0.0964. The maximum atomic E-state index is 12.8. The smallest absolute Gasteiger partial charge is 0.337 e. The zero-order chi connectivity index (χ0) is 21.7. The van der Waals surface area contributed by atoms with Gasteiger partial charge in [-0.3, -0.25) is 9.69 Å². The van der Waals surface area contributed by atoms with Crippen LogP contribution < -0.4 is 14.8 Å². The van der Waals surface area contributed by atoms with Crippen LogP contribution in [-0.4, -0.2) is 51.2 Å². The third-order valence-electron chi connectivity index (χ3n) is 5.44. The highest BCUT2D eigenvalue weighted by atomic mass is 16.5. The van der Waals surface area contributed by atoms with E-state index in [-0.39, 0.29) is 18.5 Å². The van der Waals surface area contributed by atoms with Crippen molar-refractivity contribution in [2.75, 3.05) is 39.7 Å². The van der Waals surface area contributed by atoms with E-state index >= 15 is 0 Å². The molecule has 1 heterocycles. The van der Waals surface area contributed by atoms with E-state index in [0.717, 1.165) is 42.0 Å². The number of nitrogens with zero attached hydrogens (tertiary/aromatic N) is 1. The third kappa shape index (κ3) is 4.74. The van der Waals surface area contributed by atoms with Gasteiger partial charge in [0.25, 0.3) is 0 Å². The number of rotatable bonds is 7. The van der Waals surface area contributed by atoms with Gasteiger partial charge < -0.3 is 19.5 Å². The van der Waals surface area contributed by atoms with Crippen LogP contribution in [0.5, 0.6) is 11.5 Å². The van der Waals surface area contributed by atoms with Crippen molar-refractivity contribution in [3.05, 3.63) is 53.1 Å². The number of ether oxygens (including phenoxy) is 3. The Labute approximate surface area is 176 Å². The van der Waals surface area contributed by atoms with Gasteiger partial charge in [-0.15, -0.1) is 0 Å². The van der Waals surface area contributed by atoms with Crippen LogP contribution in [0.4, 0.5) is 5.69 Å². The van der Waals surface area contributed by atoms with Crippen molar-refractivity contribution in [2.24, 2.45) is 0 Å². The van der Waals surface area contributed by atoms with Gasteiger partial charge in [-0.25, -0.2) is 4.79 Å². The van der Waals surface area contributed by atoms with Crippen LogP contribution in [-0.2, 0) is 9.53 Å². The van der Waals surface area contributed by atoms with Crippen molar-refractivity contribution in [3.8, 4) is 11.5 Å². The Hall–Kier alpha value is -3.06. The number of esters is 1. The summed E-state index contributed by atoms with van der Waals surface area (Å²) in [4.78, 5) is 26.7. The molecule has 160 valence electrons. The molecule has 0 aliphatic carbocycles. The van der Waals surface area contributed by atoms with Gasteiger partial charge in [0.15, 0.2) is 0 Å². The molecule has 0 radical (unpaired) electrons. The van der Waals surface area contributed by atoms with Gasteiger partial charge >= 0.3 is 5.97 Å². The number of benzene rings is 2. The van der Waals surface area contributed by atoms with Gasteiger partial charge in [-0.05, 0) is 50.1 Å². The lowest BCUT2D eigenvalue weighted by molar-refractivity contribution is -0.117. The van der Waals surface area contributed by atoms with Crippen LogP contribution in [0.3, 0.4) is 0 Å².